The molecule has 10 nitrogen and oxygen atoms in total. The molecule has 0 aromatic carbocycles. The Morgan fingerprint density at radius 3 is 2.51 bits per heavy atom. The molecule has 0 bridgehead atoms. The lowest BCUT2D eigenvalue weighted by Gasteiger charge is -2.29. The molecule has 216 valence electrons. The van der Waals surface area contributed by atoms with Crippen molar-refractivity contribution in [3.63, 3.8) is 0 Å². The maximum atomic E-state index is 12.8. The molecule has 1 aliphatic rings. The van der Waals surface area contributed by atoms with Crippen LogP contribution in [-0.4, -0.2) is 49.2 Å². The molecule has 0 aliphatic carbocycles. The van der Waals surface area contributed by atoms with Crippen LogP contribution in [0.1, 0.15) is 53.9 Å². The average Bonchev–Trinajstić information content (AvgIpc) is 2.84. The van der Waals surface area contributed by atoms with E-state index in [1.165, 1.54) is 19.4 Å². The summed E-state index contributed by atoms with van der Waals surface area (Å²) in [6.45, 7) is 9.10. The van der Waals surface area contributed by atoms with Crippen molar-refractivity contribution in [1.29, 1.82) is 0 Å². The van der Waals surface area contributed by atoms with Crippen molar-refractivity contribution in [1.82, 2.24) is 10.6 Å². The van der Waals surface area contributed by atoms with Crippen molar-refractivity contribution in [2.24, 2.45) is 17.1 Å². The van der Waals surface area contributed by atoms with Gasteiger partial charge in [-0.3, -0.25) is 9.59 Å². The molecule has 1 heterocycles. The summed E-state index contributed by atoms with van der Waals surface area (Å²) in [7, 11) is 1.42. The largest absolute Gasteiger partial charge is 0.490 e. The van der Waals surface area contributed by atoms with Gasteiger partial charge in [0.05, 0.1) is 7.11 Å². The predicted octanol–water partition coefficient (Wildman–Crippen LogP) is 4.13. The number of methoxy groups -OCH3 is 1. The second kappa shape index (κ2) is 16.4. The maximum Gasteiger partial charge on any atom is 0.404 e. The number of hydrogen-bond donors (Lipinski definition) is 3. The fourth-order valence-electron chi connectivity index (χ4n) is 3.51. The SMILES string of the molecule is COC1=CC[C@@H]([C@@H](C)/C=C\C=C/C(=O)NC(C(=O)N/C=C\C[C@H](C/C=C(\C)Cl)OC(N)=O)C(C)(C)C)OC1=O. The first kappa shape index (κ1) is 33.5. The number of nitrogens with one attached hydrogen (secondary N) is 2. The molecule has 0 saturated carbocycles. The number of ether oxygens (including phenoxy) is 3. The Labute approximate surface area is 235 Å². The molecule has 39 heavy (non-hydrogen) atoms. The van der Waals surface area contributed by atoms with Crippen molar-refractivity contribution < 1.29 is 33.4 Å². The van der Waals surface area contributed by atoms with E-state index in [0.717, 1.165) is 0 Å². The summed E-state index contributed by atoms with van der Waals surface area (Å²) in [5.74, 6) is -1.23. The van der Waals surface area contributed by atoms with E-state index in [-0.39, 0.29) is 17.8 Å². The number of esters is 1. The zero-order valence-corrected chi connectivity index (χ0v) is 24.1. The van der Waals surface area contributed by atoms with Gasteiger partial charge in [0.2, 0.25) is 11.8 Å². The lowest BCUT2D eigenvalue weighted by Crippen LogP contribution is -2.52. The summed E-state index contributed by atoms with van der Waals surface area (Å²) in [4.78, 5) is 48.3. The Balaban J connectivity index is 2.68. The second-order valence-corrected chi connectivity index (χ2v) is 10.7. The van der Waals surface area contributed by atoms with Crippen LogP contribution in [0.15, 0.2) is 59.5 Å². The van der Waals surface area contributed by atoms with Crippen LogP contribution in [-0.2, 0) is 28.6 Å². The molecule has 0 aromatic heterocycles. The van der Waals surface area contributed by atoms with Gasteiger partial charge in [0.25, 0.3) is 0 Å². The summed E-state index contributed by atoms with van der Waals surface area (Å²) in [6.07, 6.45) is 12.3. The van der Waals surface area contributed by atoms with E-state index in [9.17, 15) is 19.2 Å². The van der Waals surface area contributed by atoms with Gasteiger partial charge in [-0.1, -0.05) is 69.7 Å². The van der Waals surface area contributed by atoms with E-state index in [1.54, 1.807) is 37.3 Å². The summed E-state index contributed by atoms with van der Waals surface area (Å²) in [5.41, 5.74) is 4.53. The lowest BCUT2D eigenvalue weighted by molar-refractivity contribution is -0.151. The van der Waals surface area contributed by atoms with Gasteiger partial charge in [0.1, 0.15) is 18.2 Å². The van der Waals surface area contributed by atoms with Gasteiger partial charge in [-0.15, -0.1) is 0 Å². The summed E-state index contributed by atoms with van der Waals surface area (Å²) in [6, 6.07) is -0.829. The van der Waals surface area contributed by atoms with Crippen molar-refractivity contribution in [2.75, 3.05) is 7.11 Å². The number of carbonyl (C=O) groups excluding carboxylic acids is 4. The van der Waals surface area contributed by atoms with Gasteiger partial charge < -0.3 is 30.6 Å². The molecule has 11 heteroatoms. The summed E-state index contributed by atoms with van der Waals surface area (Å²) < 4.78 is 15.4. The van der Waals surface area contributed by atoms with Crippen LogP contribution in [0.3, 0.4) is 0 Å². The van der Waals surface area contributed by atoms with E-state index in [4.69, 9.17) is 31.5 Å². The third-order valence-electron chi connectivity index (χ3n) is 5.68. The minimum Gasteiger partial charge on any atom is -0.490 e. The number of halogens is 1. The maximum absolute atomic E-state index is 12.8. The van der Waals surface area contributed by atoms with Crippen molar-refractivity contribution in [2.45, 2.75) is 72.1 Å². The number of allylic oxidation sites excluding steroid dienone is 3. The minimum atomic E-state index is -0.902. The van der Waals surface area contributed by atoms with E-state index in [1.807, 2.05) is 33.8 Å². The van der Waals surface area contributed by atoms with E-state index < -0.39 is 41.4 Å². The summed E-state index contributed by atoms with van der Waals surface area (Å²) in [5, 5.41) is 5.94. The number of hydrogen-bond acceptors (Lipinski definition) is 7. The van der Waals surface area contributed by atoms with Crippen molar-refractivity contribution in [3.05, 3.63) is 59.5 Å². The fraction of sp³-hybridized carbons (Fsp3) is 0.500. The Morgan fingerprint density at radius 1 is 1.26 bits per heavy atom. The monoisotopic (exact) mass is 565 g/mol. The molecule has 1 aliphatic heterocycles. The summed E-state index contributed by atoms with van der Waals surface area (Å²) >= 11 is 5.83. The average molecular weight is 566 g/mol. The smallest absolute Gasteiger partial charge is 0.404 e. The van der Waals surface area contributed by atoms with E-state index >= 15 is 0 Å². The van der Waals surface area contributed by atoms with Gasteiger partial charge in [-0.25, -0.2) is 9.59 Å². The third-order valence-corrected chi connectivity index (χ3v) is 5.83. The van der Waals surface area contributed by atoms with Crippen molar-refractivity contribution >= 4 is 35.5 Å². The van der Waals surface area contributed by atoms with Crippen LogP contribution in [0, 0.1) is 11.3 Å². The van der Waals surface area contributed by atoms with Gasteiger partial charge in [-0.05, 0) is 24.6 Å². The number of nitrogens with two attached hydrogens (primary N) is 1. The normalized spacial score (nSPS) is 18.8. The molecular weight excluding hydrogens is 526 g/mol. The van der Waals surface area contributed by atoms with Crippen LogP contribution >= 0.6 is 11.6 Å². The Kier molecular flexibility index (Phi) is 14.1. The number of primary amides is 1. The first-order chi connectivity index (χ1) is 18.2. The number of rotatable bonds is 13. The second-order valence-electron chi connectivity index (χ2n) is 10.1. The predicted molar refractivity (Wildman–Crippen MR) is 149 cm³/mol. The number of cyclic esters (lactones) is 1. The Bertz CT molecular complexity index is 1020. The molecule has 0 fully saturated rings. The molecule has 4 atom stereocenters. The Hall–Kier alpha value is -3.53. The number of carbonyl (C=O) groups is 4. The zero-order chi connectivity index (χ0) is 29.6. The molecule has 0 spiro atoms. The van der Waals surface area contributed by atoms with Gasteiger partial charge in [0, 0.05) is 36.3 Å². The van der Waals surface area contributed by atoms with Crippen molar-refractivity contribution in [3.8, 4) is 0 Å². The lowest BCUT2D eigenvalue weighted by atomic mass is 9.86. The molecule has 0 radical (unpaired) electrons. The quantitative estimate of drug-likeness (QED) is 0.173. The van der Waals surface area contributed by atoms with Crippen LogP contribution < -0.4 is 16.4 Å². The van der Waals surface area contributed by atoms with Crippen LogP contribution in [0.2, 0.25) is 0 Å². The van der Waals surface area contributed by atoms with E-state index in [0.29, 0.717) is 24.3 Å². The van der Waals surface area contributed by atoms with Gasteiger partial charge >= 0.3 is 12.1 Å². The van der Waals surface area contributed by atoms with Crippen LogP contribution in [0.5, 0.6) is 0 Å². The van der Waals surface area contributed by atoms with E-state index in [2.05, 4.69) is 10.6 Å². The standard InChI is InChI=1S/C28H40ClN3O7/c1-18(21-15-16-22(37-6)26(35)39-21)10-7-8-12-23(33)32-24(28(3,4)5)25(34)31-17-9-11-20(38-27(30)36)14-13-19(2)29/h7-10,12-13,16-18,20-21,24H,11,14-15H2,1-6H3,(H2,30,36)(H,31,34)(H,32,33)/b10-7-,12-8-,17-9-,19-13+/t18-,20+,21-,24?/m0/s1. The fourth-order valence-corrected chi connectivity index (χ4v) is 3.59. The molecule has 3 amide bonds. The highest BCUT2D eigenvalue weighted by molar-refractivity contribution is 6.29. The highest BCUT2D eigenvalue weighted by atomic mass is 35.5. The molecule has 4 N–H and O–H groups in total. The Morgan fingerprint density at radius 2 is 1.95 bits per heavy atom. The van der Waals surface area contributed by atoms with Gasteiger partial charge in [-0.2, -0.15) is 0 Å². The first-order valence-electron chi connectivity index (χ1n) is 12.6. The van der Waals surface area contributed by atoms with Crippen LogP contribution in [0.25, 0.3) is 0 Å². The first-order valence-corrected chi connectivity index (χ1v) is 13.0. The highest BCUT2D eigenvalue weighted by Gasteiger charge is 2.32. The zero-order valence-electron chi connectivity index (χ0n) is 23.4. The van der Waals surface area contributed by atoms with Gasteiger partial charge in [0.15, 0.2) is 5.76 Å². The molecule has 0 saturated heterocycles. The third kappa shape index (κ3) is 13.2. The number of amides is 3. The topological polar surface area (TPSA) is 146 Å². The molecule has 1 unspecified atom stereocenters. The van der Waals surface area contributed by atoms with Crippen LogP contribution in [0.4, 0.5) is 4.79 Å². The molecule has 0 aromatic rings. The molecular formula is C28H40ClN3O7. The minimum absolute atomic E-state index is 0.0841. The molecule has 1 rings (SSSR count). The highest BCUT2D eigenvalue weighted by Crippen LogP contribution is 2.22.